The van der Waals surface area contributed by atoms with Crippen LogP contribution in [0.1, 0.15) is 52.9 Å². The van der Waals surface area contributed by atoms with E-state index in [0.717, 1.165) is 0 Å². The number of carbonyl (C=O) groups is 4. The van der Waals surface area contributed by atoms with Gasteiger partial charge in [0.05, 0.1) is 30.0 Å². The fraction of sp³-hybridized carbons (Fsp3) is 0.786. The van der Waals surface area contributed by atoms with Crippen molar-refractivity contribution in [3.8, 4) is 0 Å². The van der Waals surface area contributed by atoms with Crippen molar-refractivity contribution in [3.63, 3.8) is 0 Å². The number of ether oxygens (including phenoxy) is 5. The maximum Gasteiger partial charge on any atom is 0.342 e. The highest BCUT2D eigenvalue weighted by Crippen LogP contribution is 2.77. The molecule has 3 spiro atoms. The van der Waals surface area contributed by atoms with Gasteiger partial charge < -0.3 is 28.8 Å². The molecular weight excluding hydrogens is 496 g/mol. The normalized spacial score (nSPS) is 64.1. The van der Waals surface area contributed by atoms with Gasteiger partial charge in [-0.2, -0.15) is 0 Å². The Labute approximate surface area is 218 Å². The van der Waals surface area contributed by atoms with Crippen LogP contribution in [0.15, 0.2) is 12.2 Å². The second kappa shape index (κ2) is 5.82. The summed E-state index contributed by atoms with van der Waals surface area (Å²) in [4.78, 5) is 55.6. The van der Waals surface area contributed by atoms with E-state index < -0.39 is 80.7 Å². The zero-order chi connectivity index (χ0) is 26.5. The highest BCUT2D eigenvalue weighted by atomic mass is 16.8. The lowest BCUT2D eigenvalue weighted by atomic mass is 9.46. The molecule has 202 valence electrons. The van der Waals surface area contributed by atoms with E-state index in [1.54, 1.807) is 13.0 Å². The van der Waals surface area contributed by atoms with Crippen molar-refractivity contribution < 1.29 is 48.0 Å². The minimum atomic E-state index is -2.19. The topological polar surface area (TPSA) is 138 Å². The van der Waals surface area contributed by atoms with Crippen LogP contribution in [0.3, 0.4) is 0 Å². The van der Waals surface area contributed by atoms with E-state index in [9.17, 15) is 24.3 Å². The molecular formula is C28H30O10. The Morgan fingerprint density at radius 2 is 1.84 bits per heavy atom. The van der Waals surface area contributed by atoms with Gasteiger partial charge in [0, 0.05) is 5.92 Å². The van der Waals surface area contributed by atoms with E-state index >= 15 is 0 Å². The van der Waals surface area contributed by atoms with Crippen molar-refractivity contribution in [2.75, 3.05) is 6.61 Å². The molecule has 10 nitrogen and oxygen atoms in total. The summed E-state index contributed by atoms with van der Waals surface area (Å²) >= 11 is 0. The van der Waals surface area contributed by atoms with Gasteiger partial charge in [-0.1, -0.05) is 13.0 Å². The lowest BCUT2D eigenvalue weighted by Gasteiger charge is -2.63. The van der Waals surface area contributed by atoms with Crippen molar-refractivity contribution >= 4 is 23.5 Å². The predicted octanol–water partition coefficient (Wildman–Crippen LogP) is 0.768. The SMILES string of the molecule is C[C@@]12C[C@H]3OC(=O)[C@@H]1CO[C@]14O[C@@]5([C@H]2C1=O)[C@@]3(C)OC(=O)[C@@]5(O)CC[C@H]1[C@H]4C[C@H]2O[C@]23CC=CC(=O)[C@]13C. The molecule has 1 N–H and O–H groups in total. The average Bonchev–Trinajstić information content (AvgIpc) is 3.45. The van der Waals surface area contributed by atoms with Gasteiger partial charge in [-0.3, -0.25) is 14.4 Å². The number of ketones is 2. The second-order valence-electron chi connectivity index (χ2n) is 13.8. The summed E-state index contributed by atoms with van der Waals surface area (Å²) in [6.45, 7) is 5.27. The summed E-state index contributed by atoms with van der Waals surface area (Å²) in [6.07, 6.45) is 3.82. The fourth-order valence-corrected chi connectivity index (χ4v) is 10.9. The van der Waals surface area contributed by atoms with Gasteiger partial charge >= 0.3 is 11.9 Å². The van der Waals surface area contributed by atoms with E-state index in [1.165, 1.54) is 0 Å². The first-order valence-electron chi connectivity index (χ1n) is 13.8. The van der Waals surface area contributed by atoms with E-state index in [-0.39, 0.29) is 43.5 Å². The third kappa shape index (κ3) is 1.79. The molecule has 0 unspecified atom stereocenters. The van der Waals surface area contributed by atoms with E-state index in [0.29, 0.717) is 12.8 Å². The summed E-state index contributed by atoms with van der Waals surface area (Å²) in [5, 5.41) is 12.4. The van der Waals surface area contributed by atoms with Crippen molar-refractivity contribution in [2.45, 2.75) is 93.3 Å². The van der Waals surface area contributed by atoms with Crippen LogP contribution in [-0.4, -0.2) is 75.6 Å². The fourth-order valence-electron chi connectivity index (χ4n) is 10.9. The summed E-state index contributed by atoms with van der Waals surface area (Å²) in [5.41, 5.74) is -8.23. The molecule has 0 aromatic heterocycles. The highest BCUT2D eigenvalue weighted by Gasteiger charge is 2.94. The van der Waals surface area contributed by atoms with Gasteiger partial charge in [0.25, 0.3) is 0 Å². The molecule has 8 fully saturated rings. The van der Waals surface area contributed by atoms with Gasteiger partial charge in [0.2, 0.25) is 5.79 Å². The van der Waals surface area contributed by atoms with Crippen LogP contribution in [-0.2, 0) is 42.9 Å². The Bertz CT molecular complexity index is 1340. The molecule has 2 saturated carbocycles. The number of Topliss-reactive ketones (excluding diaryl/α,β-unsaturated/α-hetero) is 1. The van der Waals surface area contributed by atoms with Crippen molar-refractivity contribution in [2.24, 2.45) is 34.5 Å². The number of hydrogen-bond acceptors (Lipinski definition) is 10. The minimum absolute atomic E-state index is 0.0583. The van der Waals surface area contributed by atoms with Crippen LogP contribution < -0.4 is 0 Å². The lowest BCUT2D eigenvalue weighted by molar-refractivity contribution is -0.375. The summed E-state index contributed by atoms with van der Waals surface area (Å²) in [6, 6.07) is 0. The number of rotatable bonds is 0. The number of esters is 2. The minimum Gasteiger partial charge on any atom is -0.458 e. The second-order valence-corrected chi connectivity index (χ2v) is 13.8. The maximum atomic E-state index is 14.9. The van der Waals surface area contributed by atoms with Gasteiger partial charge in [0.15, 0.2) is 28.4 Å². The monoisotopic (exact) mass is 526 g/mol. The van der Waals surface area contributed by atoms with Gasteiger partial charge in [-0.25, -0.2) is 4.79 Å². The number of carbonyl (C=O) groups excluding carboxylic acids is 4. The molecule has 5 bridgehead atoms. The number of epoxide rings is 1. The van der Waals surface area contributed by atoms with Crippen LogP contribution >= 0.6 is 0 Å². The first kappa shape index (κ1) is 22.7. The van der Waals surface area contributed by atoms with Gasteiger partial charge in [-0.05, 0) is 63.4 Å². The highest BCUT2D eigenvalue weighted by molar-refractivity contribution is 6.00. The molecule has 0 aromatic rings. The number of fused-ring (bicyclic) bond motifs is 4. The van der Waals surface area contributed by atoms with Crippen molar-refractivity contribution in [1.29, 1.82) is 0 Å². The zero-order valence-corrected chi connectivity index (χ0v) is 21.5. The quantitative estimate of drug-likeness (QED) is 0.356. The number of hydrogen-bond donors (Lipinski definition) is 1. The molecule has 9 rings (SSSR count). The van der Waals surface area contributed by atoms with Crippen molar-refractivity contribution in [1.82, 2.24) is 0 Å². The number of allylic oxidation sites excluding steroid dienone is 1. The molecule has 6 heterocycles. The Morgan fingerprint density at radius 3 is 2.63 bits per heavy atom. The predicted molar refractivity (Wildman–Crippen MR) is 122 cm³/mol. The molecule has 9 aliphatic rings. The van der Waals surface area contributed by atoms with Crippen LogP contribution in [0.25, 0.3) is 0 Å². The molecule has 0 aromatic carbocycles. The molecule has 6 saturated heterocycles. The molecule has 0 amide bonds. The van der Waals surface area contributed by atoms with Crippen LogP contribution in [0.5, 0.6) is 0 Å². The number of aliphatic hydroxyl groups is 1. The smallest absolute Gasteiger partial charge is 0.342 e. The standard InChI is InChI=1S/C28H30O10/c1-22-10-17-24(3)28-18(22)19(30)27(38-28,34-11-14(22)20(31)35-17)13-9-16-26(36-16)7-4-5-15(29)23(26,2)12(13)6-8-25(28,33)21(32)37-24/h4-5,12-14,16-18,33H,6-11H2,1-3H3/t12-,13+,14-,16+,17+,18-,22+,23-,24-,25-,26+,27+,28-/m0/s1. The molecule has 13 atom stereocenters. The first-order valence-corrected chi connectivity index (χ1v) is 13.8. The van der Waals surface area contributed by atoms with Gasteiger partial charge in [0.1, 0.15) is 11.7 Å². The Kier molecular flexibility index (Phi) is 3.47. The summed E-state index contributed by atoms with van der Waals surface area (Å²) in [5.74, 6) is -6.56. The lowest BCUT2D eigenvalue weighted by Crippen LogP contribution is -2.79. The van der Waals surface area contributed by atoms with Crippen LogP contribution in [0, 0.1) is 34.5 Å². The Balaban J connectivity index is 1.34. The molecule has 6 aliphatic heterocycles. The largest absolute Gasteiger partial charge is 0.458 e. The third-order valence-corrected chi connectivity index (χ3v) is 12.9. The molecule has 38 heavy (non-hydrogen) atoms. The van der Waals surface area contributed by atoms with E-state index in [4.69, 9.17) is 23.7 Å². The molecule has 3 aliphatic carbocycles. The van der Waals surface area contributed by atoms with Crippen LogP contribution in [0.4, 0.5) is 0 Å². The van der Waals surface area contributed by atoms with E-state index in [1.807, 2.05) is 19.9 Å². The third-order valence-electron chi connectivity index (χ3n) is 12.9. The summed E-state index contributed by atoms with van der Waals surface area (Å²) < 4.78 is 31.5. The zero-order valence-electron chi connectivity index (χ0n) is 21.5. The molecule has 10 heteroatoms. The maximum absolute atomic E-state index is 14.9. The average molecular weight is 527 g/mol. The van der Waals surface area contributed by atoms with E-state index in [2.05, 4.69) is 0 Å². The summed E-state index contributed by atoms with van der Waals surface area (Å²) in [7, 11) is 0. The first-order chi connectivity index (χ1) is 17.9. The van der Waals surface area contributed by atoms with Gasteiger partial charge in [-0.15, -0.1) is 0 Å². The van der Waals surface area contributed by atoms with Crippen LogP contribution in [0.2, 0.25) is 0 Å². The van der Waals surface area contributed by atoms with Crippen molar-refractivity contribution in [3.05, 3.63) is 12.2 Å². The Hall–Kier alpha value is -2.14. The Morgan fingerprint density at radius 1 is 1.05 bits per heavy atom. The molecule has 0 radical (unpaired) electrons.